The second-order valence-corrected chi connectivity index (χ2v) is 6.18. The van der Waals surface area contributed by atoms with Gasteiger partial charge in [-0.1, -0.05) is 13.8 Å². The summed E-state index contributed by atoms with van der Waals surface area (Å²) in [5.74, 6) is 0.941. The summed E-state index contributed by atoms with van der Waals surface area (Å²) in [6.07, 6.45) is 3.80. The van der Waals surface area contributed by atoms with Gasteiger partial charge < -0.3 is 11.1 Å². The minimum absolute atomic E-state index is 0.230. The van der Waals surface area contributed by atoms with E-state index >= 15 is 0 Å². The van der Waals surface area contributed by atoms with Crippen LogP contribution >= 0.6 is 11.3 Å². The number of rotatable bonds is 6. The van der Waals surface area contributed by atoms with Gasteiger partial charge in [-0.15, -0.1) is 11.3 Å². The highest BCUT2D eigenvalue weighted by atomic mass is 32.1. The summed E-state index contributed by atoms with van der Waals surface area (Å²) in [6.45, 7) is 6.16. The molecule has 0 unspecified atom stereocenters. The third-order valence-electron chi connectivity index (χ3n) is 3.04. The van der Waals surface area contributed by atoms with Crippen LogP contribution in [0.3, 0.4) is 0 Å². The number of nitrogens with one attached hydrogen (secondary N) is 1. The second-order valence-electron chi connectivity index (χ2n) is 5.27. The van der Waals surface area contributed by atoms with Crippen molar-refractivity contribution < 1.29 is 0 Å². The first kappa shape index (κ1) is 13.2. The van der Waals surface area contributed by atoms with Crippen molar-refractivity contribution >= 4 is 27.4 Å². The molecule has 0 saturated heterocycles. The second kappa shape index (κ2) is 5.63. The SMILES string of the molecule is CC(C)(CCCN)CNc1ncnc2ccsc12. The summed E-state index contributed by atoms with van der Waals surface area (Å²) in [4.78, 5) is 8.56. The van der Waals surface area contributed by atoms with E-state index in [1.165, 1.54) is 0 Å². The van der Waals surface area contributed by atoms with Gasteiger partial charge in [-0.2, -0.15) is 0 Å². The summed E-state index contributed by atoms with van der Waals surface area (Å²) in [7, 11) is 0. The minimum atomic E-state index is 0.230. The van der Waals surface area contributed by atoms with Crippen molar-refractivity contribution in [2.45, 2.75) is 26.7 Å². The standard InChI is InChI=1S/C13H20N4S/c1-13(2,5-3-6-14)8-15-12-11-10(4-7-18-11)16-9-17-12/h4,7,9H,3,5-6,8,14H2,1-2H3,(H,15,16,17). The molecule has 2 heterocycles. The fourth-order valence-electron chi connectivity index (χ4n) is 1.91. The molecule has 0 bridgehead atoms. The topological polar surface area (TPSA) is 63.8 Å². The Hall–Kier alpha value is -1.20. The molecule has 0 spiro atoms. The molecule has 0 radical (unpaired) electrons. The molecule has 98 valence electrons. The molecule has 18 heavy (non-hydrogen) atoms. The van der Waals surface area contributed by atoms with E-state index in [4.69, 9.17) is 5.73 Å². The molecule has 5 heteroatoms. The van der Waals surface area contributed by atoms with Gasteiger partial charge in [0.1, 0.15) is 12.1 Å². The zero-order valence-electron chi connectivity index (χ0n) is 10.9. The Kier molecular flexibility index (Phi) is 4.14. The number of anilines is 1. The van der Waals surface area contributed by atoms with Crippen LogP contribution in [0.25, 0.3) is 10.2 Å². The lowest BCUT2D eigenvalue weighted by molar-refractivity contribution is 0.350. The fourth-order valence-corrected chi connectivity index (χ4v) is 2.72. The van der Waals surface area contributed by atoms with Crippen LogP contribution in [0.4, 0.5) is 5.82 Å². The van der Waals surface area contributed by atoms with Crippen LogP contribution in [0.5, 0.6) is 0 Å². The molecule has 0 aromatic carbocycles. The van der Waals surface area contributed by atoms with Crippen LogP contribution in [-0.2, 0) is 0 Å². The van der Waals surface area contributed by atoms with Crippen molar-refractivity contribution in [3.8, 4) is 0 Å². The van der Waals surface area contributed by atoms with E-state index in [1.807, 2.05) is 11.4 Å². The highest BCUT2D eigenvalue weighted by molar-refractivity contribution is 7.17. The highest BCUT2D eigenvalue weighted by Crippen LogP contribution is 2.27. The van der Waals surface area contributed by atoms with Crippen molar-refractivity contribution in [1.82, 2.24) is 9.97 Å². The molecular weight excluding hydrogens is 244 g/mol. The molecule has 0 aliphatic rings. The van der Waals surface area contributed by atoms with E-state index in [1.54, 1.807) is 17.7 Å². The van der Waals surface area contributed by atoms with E-state index in [-0.39, 0.29) is 5.41 Å². The Bertz CT molecular complexity index is 506. The van der Waals surface area contributed by atoms with Crippen molar-refractivity contribution in [3.63, 3.8) is 0 Å². The summed E-state index contributed by atoms with van der Waals surface area (Å²) >= 11 is 1.67. The zero-order chi connectivity index (χ0) is 13.0. The maximum Gasteiger partial charge on any atom is 0.147 e. The lowest BCUT2D eigenvalue weighted by Gasteiger charge is -2.25. The molecule has 0 aliphatic carbocycles. The van der Waals surface area contributed by atoms with Crippen molar-refractivity contribution in [2.75, 3.05) is 18.4 Å². The smallest absolute Gasteiger partial charge is 0.147 e. The van der Waals surface area contributed by atoms with Gasteiger partial charge in [-0.3, -0.25) is 0 Å². The summed E-state index contributed by atoms with van der Waals surface area (Å²) in [5, 5.41) is 5.49. The maximum atomic E-state index is 5.56. The summed E-state index contributed by atoms with van der Waals surface area (Å²) < 4.78 is 1.13. The molecule has 2 aromatic rings. The molecule has 2 rings (SSSR count). The predicted octanol–water partition coefficient (Wildman–Crippen LogP) is 2.87. The molecule has 0 aliphatic heterocycles. The van der Waals surface area contributed by atoms with Crippen molar-refractivity contribution in [2.24, 2.45) is 11.1 Å². The molecule has 0 fully saturated rings. The van der Waals surface area contributed by atoms with Gasteiger partial charge in [0.15, 0.2) is 0 Å². The van der Waals surface area contributed by atoms with Gasteiger partial charge in [-0.25, -0.2) is 9.97 Å². The van der Waals surface area contributed by atoms with Crippen LogP contribution in [0.15, 0.2) is 17.8 Å². The van der Waals surface area contributed by atoms with Crippen LogP contribution < -0.4 is 11.1 Å². The highest BCUT2D eigenvalue weighted by Gasteiger charge is 2.17. The number of fused-ring (bicyclic) bond motifs is 1. The Morgan fingerprint density at radius 2 is 2.22 bits per heavy atom. The number of nitrogens with zero attached hydrogens (tertiary/aromatic N) is 2. The molecule has 0 amide bonds. The Labute approximate surface area is 112 Å². The third kappa shape index (κ3) is 3.17. The number of thiophene rings is 1. The first-order valence-corrected chi connectivity index (χ1v) is 7.12. The minimum Gasteiger partial charge on any atom is -0.368 e. The van der Waals surface area contributed by atoms with Gasteiger partial charge in [0, 0.05) is 6.54 Å². The molecule has 0 saturated carbocycles. The van der Waals surface area contributed by atoms with Crippen LogP contribution in [0.2, 0.25) is 0 Å². The van der Waals surface area contributed by atoms with E-state index < -0.39 is 0 Å². The van der Waals surface area contributed by atoms with Gasteiger partial charge in [-0.05, 0) is 36.2 Å². The zero-order valence-corrected chi connectivity index (χ0v) is 11.8. The summed E-state index contributed by atoms with van der Waals surface area (Å²) in [5.41, 5.74) is 6.81. The lowest BCUT2D eigenvalue weighted by Crippen LogP contribution is -2.24. The average Bonchev–Trinajstić information content (AvgIpc) is 2.82. The monoisotopic (exact) mass is 264 g/mol. The van der Waals surface area contributed by atoms with E-state index in [2.05, 4.69) is 29.1 Å². The van der Waals surface area contributed by atoms with E-state index in [0.717, 1.165) is 42.0 Å². The van der Waals surface area contributed by atoms with Crippen LogP contribution in [0.1, 0.15) is 26.7 Å². The number of aromatic nitrogens is 2. The van der Waals surface area contributed by atoms with Gasteiger partial charge in [0.2, 0.25) is 0 Å². The maximum absolute atomic E-state index is 5.56. The van der Waals surface area contributed by atoms with Crippen molar-refractivity contribution in [3.05, 3.63) is 17.8 Å². The molecule has 2 aromatic heterocycles. The number of hydrogen-bond donors (Lipinski definition) is 2. The van der Waals surface area contributed by atoms with E-state index in [0.29, 0.717) is 0 Å². The Balaban J connectivity index is 2.03. The summed E-state index contributed by atoms with van der Waals surface area (Å²) in [6, 6.07) is 2.02. The Morgan fingerprint density at radius 1 is 1.39 bits per heavy atom. The lowest BCUT2D eigenvalue weighted by atomic mass is 9.88. The normalized spacial score (nSPS) is 11.9. The Morgan fingerprint density at radius 3 is 3.00 bits per heavy atom. The fraction of sp³-hybridized carbons (Fsp3) is 0.538. The van der Waals surface area contributed by atoms with Crippen LogP contribution in [0, 0.1) is 5.41 Å². The largest absolute Gasteiger partial charge is 0.368 e. The predicted molar refractivity (Wildman–Crippen MR) is 78.0 cm³/mol. The first-order chi connectivity index (χ1) is 8.62. The average molecular weight is 264 g/mol. The molecule has 0 atom stereocenters. The molecule has 3 N–H and O–H groups in total. The molecule has 4 nitrogen and oxygen atoms in total. The van der Waals surface area contributed by atoms with Gasteiger partial charge in [0.25, 0.3) is 0 Å². The molecular formula is C13H20N4S. The number of nitrogens with two attached hydrogens (primary N) is 1. The van der Waals surface area contributed by atoms with E-state index in [9.17, 15) is 0 Å². The first-order valence-electron chi connectivity index (χ1n) is 6.24. The van der Waals surface area contributed by atoms with Crippen molar-refractivity contribution in [1.29, 1.82) is 0 Å². The van der Waals surface area contributed by atoms with Gasteiger partial charge >= 0.3 is 0 Å². The quantitative estimate of drug-likeness (QED) is 0.842. The van der Waals surface area contributed by atoms with Crippen LogP contribution in [-0.4, -0.2) is 23.1 Å². The van der Waals surface area contributed by atoms with Gasteiger partial charge in [0.05, 0.1) is 10.2 Å². The number of hydrogen-bond acceptors (Lipinski definition) is 5. The third-order valence-corrected chi connectivity index (χ3v) is 3.95.